The van der Waals surface area contributed by atoms with Crippen LogP contribution in [0.4, 0.5) is 0 Å². The summed E-state index contributed by atoms with van der Waals surface area (Å²) in [5, 5.41) is 7.91. The van der Waals surface area contributed by atoms with Gasteiger partial charge in [-0.05, 0) is 58.7 Å². The number of benzene rings is 1. The molecule has 1 saturated heterocycles. The lowest BCUT2D eigenvalue weighted by Crippen LogP contribution is -2.30. The molecule has 1 N–H and O–H groups in total. The maximum absolute atomic E-state index is 12.1. The summed E-state index contributed by atoms with van der Waals surface area (Å²) in [6.07, 6.45) is 2.21. The largest absolute Gasteiger partial charge is 0.496 e. The zero-order chi connectivity index (χ0) is 23.5. The molecular formula is C26H35N5O2. The van der Waals surface area contributed by atoms with Crippen LogP contribution < -0.4 is 10.1 Å². The van der Waals surface area contributed by atoms with Gasteiger partial charge >= 0.3 is 0 Å². The Morgan fingerprint density at radius 3 is 2.82 bits per heavy atom. The third-order valence-corrected chi connectivity index (χ3v) is 6.51. The Labute approximate surface area is 196 Å². The molecular weight excluding hydrogens is 414 g/mol. The van der Waals surface area contributed by atoms with E-state index in [1.165, 1.54) is 5.56 Å². The summed E-state index contributed by atoms with van der Waals surface area (Å²) in [5.74, 6) is 1.41. The Balaban J connectivity index is 1.48. The van der Waals surface area contributed by atoms with Gasteiger partial charge in [0.1, 0.15) is 5.75 Å². The standard InChI is InChI=1S/C26H35N5O2/c1-17(2)27-26(32)11-10-22-18(3)28-25-14-23(29-31(25)19(22)4)20-12-13-30(15-20)16-21-8-6-7-9-24(21)33-5/h6-9,14,17,20H,10-13,15-16H2,1-5H3,(H,27,32). The van der Waals surface area contributed by atoms with E-state index in [9.17, 15) is 4.79 Å². The van der Waals surface area contributed by atoms with Gasteiger partial charge in [0.15, 0.2) is 5.65 Å². The zero-order valence-corrected chi connectivity index (χ0v) is 20.4. The summed E-state index contributed by atoms with van der Waals surface area (Å²) in [6, 6.07) is 10.5. The number of hydrogen-bond acceptors (Lipinski definition) is 5. The van der Waals surface area contributed by atoms with Gasteiger partial charge in [-0.2, -0.15) is 5.10 Å². The number of para-hydroxylation sites is 1. The first kappa shape index (κ1) is 23.2. The number of rotatable bonds is 8. The molecule has 176 valence electrons. The second-order valence-electron chi connectivity index (χ2n) is 9.36. The first-order valence-corrected chi connectivity index (χ1v) is 11.8. The average molecular weight is 450 g/mol. The molecule has 1 aromatic carbocycles. The number of aromatic nitrogens is 3. The maximum Gasteiger partial charge on any atom is 0.220 e. The summed E-state index contributed by atoms with van der Waals surface area (Å²) in [5.41, 5.74) is 6.37. The second kappa shape index (κ2) is 9.91. The van der Waals surface area contributed by atoms with Crippen LogP contribution in [-0.4, -0.2) is 51.6 Å². The highest BCUT2D eigenvalue weighted by atomic mass is 16.5. The van der Waals surface area contributed by atoms with E-state index in [0.717, 1.165) is 60.1 Å². The SMILES string of the molecule is COc1ccccc1CN1CCC(c2cc3nc(C)c(CCC(=O)NC(C)C)c(C)n3n2)C1. The van der Waals surface area contributed by atoms with Crippen LogP contribution in [-0.2, 0) is 17.8 Å². The number of nitrogens with one attached hydrogen (secondary N) is 1. The smallest absolute Gasteiger partial charge is 0.220 e. The monoisotopic (exact) mass is 449 g/mol. The van der Waals surface area contributed by atoms with Crippen molar-refractivity contribution in [3.8, 4) is 5.75 Å². The molecule has 7 nitrogen and oxygen atoms in total. The van der Waals surface area contributed by atoms with E-state index in [4.69, 9.17) is 14.8 Å². The fourth-order valence-electron chi connectivity index (χ4n) is 4.83. The van der Waals surface area contributed by atoms with Crippen LogP contribution in [0.25, 0.3) is 5.65 Å². The van der Waals surface area contributed by atoms with Crippen molar-refractivity contribution in [2.75, 3.05) is 20.2 Å². The first-order valence-electron chi connectivity index (χ1n) is 11.8. The van der Waals surface area contributed by atoms with Crippen LogP contribution >= 0.6 is 0 Å². The Morgan fingerprint density at radius 1 is 1.27 bits per heavy atom. The molecule has 0 spiro atoms. The molecule has 3 aromatic rings. The minimum atomic E-state index is 0.0751. The van der Waals surface area contributed by atoms with Crippen molar-refractivity contribution >= 4 is 11.6 Å². The van der Waals surface area contributed by atoms with Gasteiger partial charge in [0.2, 0.25) is 5.91 Å². The molecule has 1 aliphatic heterocycles. The van der Waals surface area contributed by atoms with Crippen LogP contribution in [0.3, 0.4) is 0 Å². The molecule has 1 aliphatic rings. The minimum Gasteiger partial charge on any atom is -0.496 e. The Hall–Kier alpha value is -2.93. The minimum absolute atomic E-state index is 0.0751. The Bertz CT molecular complexity index is 1140. The summed E-state index contributed by atoms with van der Waals surface area (Å²) >= 11 is 0. The van der Waals surface area contributed by atoms with E-state index < -0.39 is 0 Å². The number of amides is 1. The molecule has 1 amide bonds. The summed E-state index contributed by atoms with van der Waals surface area (Å²) in [6.45, 7) is 11.0. The maximum atomic E-state index is 12.1. The lowest BCUT2D eigenvalue weighted by atomic mass is 10.1. The van der Waals surface area contributed by atoms with Gasteiger partial charge in [0.05, 0.1) is 12.8 Å². The van der Waals surface area contributed by atoms with Crippen molar-refractivity contribution in [2.24, 2.45) is 0 Å². The lowest BCUT2D eigenvalue weighted by molar-refractivity contribution is -0.121. The highest BCUT2D eigenvalue weighted by molar-refractivity contribution is 5.76. The molecule has 3 heterocycles. The number of likely N-dealkylation sites (tertiary alicyclic amines) is 1. The average Bonchev–Trinajstić information content (AvgIpc) is 3.40. The predicted molar refractivity (Wildman–Crippen MR) is 130 cm³/mol. The fourth-order valence-corrected chi connectivity index (χ4v) is 4.83. The number of aryl methyl sites for hydroxylation is 2. The molecule has 1 unspecified atom stereocenters. The molecule has 33 heavy (non-hydrogen) atoms. The molecule has 0 saturated carbocycles. The van der Waals surface area contributed by atoms with Crippen molar-refractivity contribution in [2.45, 2.75) is 65.5 Å². The van der Waals surface area contributed by atoms with E-state index in [0.29, 0.717) is 18.8 Å². The summed E-state index contributed by atoms with van der Waals surface area (Å²) in [4.78, 5) is 19.4. The Morgan fingerprint density at radius 2 is 2.06 bits per heavy atom. The molecule has 0 bridgehead atoms. The third-order valence-electron chi connectivity index (χ3n) is 6.51. The lowest BCUT2D eigenvalue weighted by Gasteiger charge is -2.17. The molecule has 0 aliphatic carbocycles. The molecule has 0 radical (unpaired) electrons. The van der Waals surface area contributed by atoms with Crippen molar-refractivity contribution in [1.82, 2.24) is 24.8 Å². The zero-order valence-electron chi connectivity index (χ0n) is 20.4. The first-order chi connectivity index (χ1) is 15.9. The number of fused-ring (bicyclic) bond motifs is 1. The second-order valence-corrected chi connectivity index (χ2v) is 9.36. The number of carbonyl (C=O) groups is 1. The van der Waals surface area contributed by atoms with Crippen molar-refractivity contribution in [3.05, 3.63) is 58.5 Å². The van der Waals surface area contributed by atoms with Crippen molar-refractivity contribution < 1.29 is 9.53 Å². The van der Waals surface area contributed by atoms with Crippen molar-refractivity contribution in [3.63, 3.8) is 0 Å². The van der Waals surface area contributed by atoms with Gasteiger partial charge in [-0.3, -0.25) is 9.69 Å². The highest BCUT2D eigenvalue weighted by Gasteiger charge is 2.27. The van der Waals surface area contributed by atoms with E-state index in [1.54, 1.807) is 7.11 Å². The van der Waals surface area contributed by atoms with Crippen LogP contribution in [0.1, 0.15) is 60.8 Å². The Kier molecular flexibility index (Phi) is 6.98. The van der Waals surface area contributed by atoms with E-state index >= 15 is 0 Å². The summed E-state index contributed by atoms with van der Waals surface area (Å²) < 4.78 is 7.48. The van der Waals surface area contributed by atoms with Crippen molar-refractivity contribution in [1.29, 1.82) is 0 Å². The van der Waals surface area contributed by atoms with Gasteiger partial charge in [-0.25, -0.2) is 9.50 Å². The van der Waals surface area contributed by atoms with Gasteiger partial charge < -0.3 is 10.1 Å². The van der Waals surface area contributed by atoms with Crippen LogP contribution in [0.2, 0.25) is 0 Å². The van der Waals surface area contributed by atoms with Gasteiger partial charge in [0.25, 0.3) is 0 Å². The van der Waals surface area contributed by atoms with Gasteiger partial charge in [-0.15, -0.1) is 0 Å². The number of ether oxygens (including phenoxy) is 1. The number of methoxy groups -OCH3 is 1. The normalized spacial score (nSPS) is 16.6. The summed E-state index contributed by atoms with van der Waals surface area (Å²) in [7, 11) is 1.73. The van der Waals surface area contributed by atoms with Crippen LogP contribution in [0.5, 0.6) is 5.75 Å². The topological polar surface area (TPSA) is 71.8 Å². The number of carbonyl (C=O) groups excluding carboxylic acids is 1. The van der Waals surface area contributed by atoms with E-state index in [2.05, 4.69) is 35.3 Å². The van der Waals surface area contributed by atoms with E-state index in [-0.39, 0.29) is 11.9 Å². The molecule has 2 aromatic heterocycles. The molecule has 4 rings (SSSR count). The highest BCUT2D eigenvalue weighted by Crippen LogP contribution is 2.30. The van der Waals surface area contributed by atoms with Crippen LogP contribution in [0, 0.1) is 13.8 Å². The third kappa shape index (κ3) is 5.19. The molecule has 1 atom stereocenters. The number of nitrogens with zero attached hydrogens (tertiary/aromatic N) is 4. The van der Waals surface area contributed by atoms with E-state index in [1.807, 2.05) is 37.4 Å². The van der Waals surface area contributed by atoms with Gasteiger partial charge in [0, 0.05) is 54.5 Å². The van der Waals surface area contributed by atoms with Crippen LogP contribution in [0.15, 0.2) is 30.3 Å². The fraction of sp³-hybridized carbons (Fsp3) is 0.500. The molecule has 7 heteroatoms. The number of hydrogen-bond donors (Lipinski definition) is 1. The van der Waals surface area contributed by atoms with Gasteiger partial charge in [-0.1, -0.05) is 18.2 Å². The molecule has 1 fully saturated rings. The predicted octanol–water partition coefficient (Wildman–Crippen LogP) is 3.80. The quantitative estimate of drug-likeness (QED) is 0.566.